The lowest BCUT2D eigenvalue weighted by atomic mass is 10.1. The molecule has 0 saturated carbocycles. The number of aliphatic carboxylic acids is 1. The van der Waals surface area contributed by atoms with Gasteiger partial charge in [0.05, 0.1) is 0 Å². The van der Waals surface area contributed by atoms with Crippen LogP contribution < -0.4 is 0 Å². The number of carbonyl (C=O) groups is 1. The van der Waals surface area contributed by atoms with Gasteiger partial charge in [-0.05, 0) is 19.3 Å². The maximum absolute atomic E-state index is 10.3. The van der Waals surface area contributed by atoms with Crippen LogP contribution in [-0.4, -0.2) is 11.1 Å². The predicted octanol–water partition coefficient (Wildman–Crippen LogP) is 3.54. The van der Waals surface area contributed by atoms with Crippen LogP contribution in [-0.2, 0) is 4.79 Å². The summed E-state index contributed by atoms with van der Waals surface area (Å²) in [5, 5.41) is 8.45. The Balaban J connectivity index is 3.92. The van der Waals surface area contributed by atoms with Crippen molar-refractivity contribution in [3.8, 4) is 0 Å². The molecule has 2 heteroatoms. The minimum atomic E-state index is -0.877. The molecule has 0 aromatic heterocycles. The second kappa shape index (κ2) is 8.54. The number of hydrogen-bond donors (Lipinski definition) is 1. The van der Waals surface area contributed by atoms with Gasteiger partial charge in [0.15, 0.2) is 0 Å². The lowest BCUT2D eigenvalue weighted by Gasteiger charge is -1.97. The standard InChI is InChI=1S/C12H20O2/c1-3-5-6-7-8-11(4-2)9-10-12(13)14/h8-10H,3-7H2,1-2H3,(H,13,14)/b10-9+,11-8-. The molecule has 0 rings (SSSR count). The van der Waals surface area contributed by atoms with Crippen LogP contribution in [0.15, 0.2) is 23.8 Å². The van der Waals surface area contributed by atoms with E-state index in [1.807, 2.05) is 6.92 Å². The van der Waals surface area contributed by atoms with Gasteiger partial charge in [0, 0.05) is 6.08 Å². The Bertz CT molecular complexity index is 214. The first-order chi connectivity index (χ1) is 6.70. The SMILES string of the molecule is CCCCC/C=C(\C=C\C(=O)O)CC. The monoisotopic (exact) mass is 196 g/mol. The Morgan fingerprint density at radius 2 is 1.93 bits per heavy atom. The fourth-order valence-corrected chi connectivity index (χ4v) is 1.19. The molecule has 0 aliphatic carbocycles. The van der Waals surface area contributed by atoms with E-state index in [1.165, 1.54) is 25.3 Å². The molecule has 0 aromatic carbocycles. The first-order valence-corrected chi connectivity index (χ1v) is 5.30. The van der Waals surface area contributed by atoms with Crippen molar-refractivity contribution in [3.63, 3.8) is 0 Å². The topological polar surface area (TPSA) is 37.3 Å². The molecule has 0 spiro atoms. The maximum Gasteiger partial charge on any atom is 0.328 e. The molecule has 0 heterocycles. The molecule has 0 bridgehead atoms. The lowest BCUT2D eigenvalue weighted by molar-refractivity contribution is -0.131. The Morgan fingerprint density at radius 3 is 2.43 bits per heavy atom. The van der Waals surface area contributed by atoms with Crippen LogP contribution in [0.25, 0.3) is 0 Å². The summed E-state index contributed by atoms with van der Waals surface area (Å²) in [6.45, 7) is 4.21. The summed E-state index contributed by atoms with van der Waals surface area (Å²) in [6.07, 6.45) is 10.6. The van der Waals surface area contributed by atoms with Crippen molar-refractivity contribution >= 4 is 5.97 Å². The quantitative estimate of drug-likeness (QED) is 0.384. The van der Waals surface area contributed by atoms with Crippen molar-refractivity contribution in [2.24, 2.45) is 0 Å². The van der Waals surface area contributed by atoms with Gasteiger partial charge < -0.3 is 5.11 Å². The van der Waals surface area contributed by atoms with E-state index in [1.54, 1.807) is 6.08 Å². The van der Waals surface area contributed by atoms with Crippen LogP contribution in [0.4, 0.5) is 0 Å². The molecule has 1 N–H and O–H groups in total. The van der Waals surface area contributed by atoms with Gasteiger partial charge in [-0.1, -0.05) is 44.4 Å². The van der Waals surface area contributed by atoms with E-state index in [0.29, 0.717) is 0 Å². The van der Waals surface area contributed by atoms with Crippen molar-refractivity contribution in [1.82, 2.24) is 0 Å². The average molecular weight is 196 g/mol. The highest BCUT2D eigenvalue weighted by Gasteiger charge is 1.91. The number of hydrogen-bond acceptors (Lipinski definition) is 1. The number of rotatable bonds is 7. The van der Waals surface area contributed by atoms with E-state index in [-0.39, 0.29) is 0 Å². The lowest BCUT2D eigenvalue weighted by Crippen LogP contribution is -1.87. The van der Waals surface area contributed by atoms with Crippen LogP contribution in [0.1, 0.15) is 46.0 Å². The molecule has 0 aliphatic heterocycles. The van der Waals surface area contributed by atoms with Crippen LogP contribution in [0.2, 0.25) is 0 Å². The molecule has 0 radical (unpaired) electrons. The van der Waals surface area contributed by atoms with Crippen molar-refractivity contribution < 1.29 is 9.90 Å². The number of allylic oxidation sites excluding steroid dienone is 3. The van der Waals surface area contributed by atoms with Gasteiger partial charge >= 0.3 is 5.97 Å². The van der Waals surface area contributed by atoms with E-state index in [4.69, 9.17) is 5.11 Å². The Kier molecular flexibility index (Phi) is 7.90. The fraction of sp³-hybridized carbons (Fsp3) is 0.583. The molecule has 0 saturated heterocycles. The molecule has 0 aliphatic rings. The zero-order valence-electron chi connectivity index (χ0n) is 9.12. The number of unbranched alkanes of at least 4 members (excludes halogenated alkanes) is 3. The van der Waals surface area contributed by atoms with Gasteiger partial charge in [-0.3, -0.25) is 0 Å². The van der Waals surface area contributed by atoms with E-state index in [2.05, 4.69) is 13.0 Å². The van der Waals surface area contributed by atoms with Crippen molar-refractivity contribution in [3.05, 3.63) is 23.8 Å². The molecule has 0 unspecified atom stereocenters. The first-order valence-electron chi connectivity index (χ1n) is 5.30. The number of carboxylic acids is 1. The van der Waals surface area contributed by atoms with Crippen molar-refractivity contribution in [2.45, 2.75) is 46.0 Å². The molecule has 80 valence electrons. The molecular formula is C12H20O2. The van der Waals surface area contributed by atoms with Crippen LogP contribution in [0.3, 0.4) is 0 Å². The third-order valence-electron chi connectivity index (χ3n) is 2.06. The molecule has 14 heavy (non-hydrogen) atoms. The van der Waals surface area contributed by atoms with E-state index in [9.17, 15) is 4.79 Å². The maximum atomic E-state index is 10.3. The summed E-state index contributed by atoms with van der Waals surface area (Å²) in [4.78, 5) is 10.3. The number of carboxylic acid groups (broad SMARTS) is 1. The summed E-state index contributed by atoms with van der Waals surface area (Å²) >= 11 is 0. The highest BCUT2D eigenvalue weighted by molar-refractivity contribution is 5.80. The molecule has 0 amide bonds. The summed E-state index contributed by atoms with van der Waals surface area (Å²) in [5.74, 6) is -0.877. The minimum Gasteiger partial charge on any atom is -0.478 e. The van der Waals surface area contributed by atoms with E-state index in [0.717, 1.165) is 18.4 Å². The molecule has 0 aromatic rings. The third kappa shape index (κ3) is 7.59. The second-order valence-corrected chi connectivity index (χ2v) is 3.30. The summed E-state index contributed by atoms with van der Waals surface area (Å²) < 4.78 is 0. The van der Waals surface area contributed by atoms with Gasteiger partial charge in [-0.15, -0.1) is 0 Å². The van der Waals surface area contributed by atoms with Crippen molar-refractivity contribution in [1.29, 1.82) is 0 Å². The van der Waals surface area contributed by atoms with Gasteiger partial charge in [0.25, 0.3) is 0 Å². The highest BCUT2D eigenvalue weighted by Crippen LogP contribution is 2.07. The van der Waals surface area contributed by atoms with Crippen LogP contribution in [0, 0.1) is 0 Å². The van der Waals surface area contributed by atoms with E-state index >= 15 is 0 Å². The zero-order chi connectivity index (χ0) is 10.8. The third-order valence-corrected chi connectivity index (χ3v) is 2.06. The Hall–Kier alpha value is -1.05. The fourth-order valence-electron chi connectivity index (χ4n) is 1.19. The Morgan fingerprint density at radius 1 is 1.21 bits per heavy atom. The average Bonchev–Trinajstić information content (AvgIpc) is 2.16. The first kappa shape index (κ1) is 12.9. The van der Waals surface area contributed by atoms with Gasteiger partial charge in [-0.2, -0.15) is 0 Å². The van der Waals surface area contributed by atoms with Gasteiger partial charge in [-0.25, -0.2) is 4.79 Å². The molecule has 0 fully saturated rings. The summed E-state index contributed by atoms with van der Waals surface area (Å²) in [5.41, 5.74) is 1.11. The van der Waals surface area contributed by atoms with E-state index < -0.39 is 5.97 Å². The predicted molar refractivity (Wildman–Crippen MR) is 59.3 cm³/mol. The zero-order valence-corrected chi connectivity index (χ0v) is 9.12. The highest BCUT2D eigenvalue weighted by atomic mass is 16.4. The minimum absolute atomic E-state index is 0.877. The molecular weight excluding hydrogens is 176 g/mol. The smallest absolute Gasteiger partial charge is 0.328 e. The van der Waals surface area contributed by atoms with Gasteiger partial charge in [0.2, 0.25) is 0 Å². The van der Waals surface area contributed by atoms with Crippen molar-refractivity contribution in [2.75, 3.05) is 0 Å². The summed E-state index contributed by atoms with van der Waals surface area (Å²) in [7, 11) is 0. The molecule has 0 atom stereocenters. The molecule has 2 nitrogen and oxygen atoms in total. The normalized spacial score (nSPS) is 12.3. The summed E-state index contributed by atoms with van der Waals surface area (Å²) in [6, 6.07) is 0. The largest absolute Gasteiger partial charge is 0.478 e. The van der Waals surface area contributed by atoms with Crippen LogP contribution >= 0.6 is 0 Å². The Labute approximate surface area is 86.3 Å². The van der Waals surface area contributed by atoms with Gasteiger partial charge in [0.1, 0.15) is 0 Å². The second-order valence-electron chi connectivity index (χ2n) is 3.30. The van der Waals surface area contributed by atoms with Crippen LogP contribution in [0.5, 0.6) is 0 Å².